The van der Waals surface area contributed by atoms with Crippen LogP contribution in [0.1, 0.15) is 11.3 Å². The summed E-state index contributed by atoms with van der Waals surface area (Å²) in [5.74, 6) is 1.61. The zero-order valence-electron chi connectivity index (χ0n) is 7.88. The van der Waals surface area contributed by atoms with Gasteiger partial charge in [0.1, 0.15) is 11.8 Å². The predicted molar refractivity (Wildman–Crippen MR) is 57.2 cm³/mol. The second-order valence-corrected chi connectivity index (χ2v) is 3.87. The number of nitrogens with zero attached hydrogens (tertiary/aromatic N) is 2. The van der Waals surface area contributed by atoms with E-state index in [1.165, 1.54) is 0 Å². The van der Waals surface area contributed by atoms with Crippen molar-refractivity contribution in [1.82, 2.24) is 4.98 Å². The van der Waals surface area contributed by atoms with Gasteiger partial charge in [-0.1, -0.05) is 0 Å². The first kappa shape index (κ1) is 9.81. The molecule has 4 heteroatoms. The molecule has 0 aliphatic heterocycles. The van der Waals surface area contributed by atoms with Crippen LogP contribution < -0.4 is 0 Å². The van der Waals surface area contributed by atoms with Gasteiger partial charge in [0.15, 0.2) is 0 Å². The van der Waals surface area contributed by atoms with Crippen molar-refractivity contribution in [2.75, 3.05) is 0 Å². The molecule has 0 spiro atoms. The van der Waals surface area contributed by atoms with E-state index in [1.807, 2.05) is 12.1 Å². The fourth-order valence-electron chi connectivity index (χ4n) is 1.13. The standard InChI is InChI=1S/C11H8N2OS/c12-6-9-3-4-13-7-11(9)15-8-10-2-1-5-14-10/h1-5,7H,8H2. The van der Waals surface area contributed by atoms with Crippen molar-refractivity contribution in [3.05, 3.63) is 48.2 Å². The molecule has 2 aromatic rings. The second kappa shape index (κ2) is 4.67. The molecule has 0 fully saturated rings. The maximum Gasteiger partial charge on any atom is 0.114 e. The van der Waals surface area contributed by atoms with Gasteiger partial charge in [-0.25, -0.2) is 0 Å². The Kier molecular flexibility index (Phi) is 3.05. The Labute approximate surface area is 91.7 Å². The van der Waals surface area contributed by atoms with Crippen LogP contribution >= 0.6 is 11.8 Å². The number of hydrogen-bond acceptors (Lipinski definition) is 4. The number of hydrogen-bond donors (Lipinski definition) is 0. The number of nitriles is 1. The van der Waals surface area contributed by atoms with E-state index in [1.54, 1.807) is 36.5 Å². The normalized spacial score (nSPS) is 9.80. The first-order chi connectivity index (χ1) is 7.40. The van der Waals surface area contributed by atoms with E-state index in [0.29, 0.717) is 11.3 Å². The lowest BCUT2D eigenvalue weighted by Crippen LogP contribution is -1.83. The highest BCUT2D eigenvalue weighted by atomic mass is 32.2. The molecule has 3 nitrogen and oxygen atoms in total. The monoisotopic (exact) mass is 216 g/mol. The molecule has 0 aromatic carbocycles. The maximum absolute atomic E-state index is 8.86. The molecule has 2 heterocycles. The largest absolute Gasteiger partial charge is 0.468 e. The smallest absolute Gasteiger partial charge is 0.114 e. The third-order valence-electron chi connectivity index (χ3n) is 1.85. The van der Waals surface area contributed by atoms with E-state index in [0.717, 1.165) is 10.7 Å². The van der Waals surface area contributed by atoms with Gasteiger partial charge in [0.05, 0.1) is 17.6 Å². The van der Waals surface area contributed by atoms with Crippen molar-refractivity contribution in [2.24, 2.45) is 0 Å². The predicted octanol–water partition coefficient (Wildman–Crippen LogP) is 2.84. The topological polar surface area (TPSA) is 49.8 Å². The first-order valence-electron chi connectivity index (χ1n) is 4.39. The minimum atomic E-state index is 0.654. The van der Waals surface area contributed by atoms with E-state index < -0.39 is 0 Å². The van der Waals surface area contributed by atoms with E-state index in [2.05, 4.69) is 11.1 Å². The molecular weight excluding hydrogens is 208 g/mol. The van der Waals surface area contributed by atoms with E-state index in [9.17, 15) is 0 Å². The molecule has 0 unspecified atom stereocenters. The first-order valence-corrected chi connectivity index (χ1v) is 5.38. The number of pyridine rings is 1. The number of thioether (sulfide) groups is 1. The third kappa shape index (κ3) is 2.39. The molecule has 2 rings (SSSR count). The zero-order chi connectivity index (χ0) is 10.5. The summed E-state index contributed by atoms with van der Waals surface area (Å²) >= 11 is 1.55. The van der Waals surface area contributed by atoms with Gasteiger partial charge >= 0.3 is 0 Å². The Morgan fingerprint density at radius 1 is 1.47 bits per heavy atom. The van der Waals surface area contributed by atoms with Gasteiger partial charge in [0.2, 0.25) is 0 Å². The summed E-state index contributed by atoms with van der Waals surface area (Å²) in [4.78, 5) is 4.88. The molecule has 0 N–H and O–H groups in total. The van der Waals surface area contributed by atoms with Crippen molar-refractivity contribution in [1.29, 1.82) is 5.26 Å². The molecule has 0 atom stereocenters. The van der Waals surface area contributed by atoms with Gasteiger partial charge in [-0.05, 0) is 18.2 Å². The van der Waals surface area contributed by atoms with Gasteiger partial charge in [-0.2, -0.15) is 5.26 Å². The highest BCUT2D eigenvalue weighted by molar-refractivity contribution is 7.98. The van der Waals surface area contributed by atoms with Crippen molar-refractivity contribution in [3.8, 4) is 6.07 Å². The average Bonchev–Trinajstić information content (AvgIpc) is 2.79. The Bertz CT molecular complexity index is 474. The Balaban J connectivity index is 2.08. The summed E-state index contributed by atoms with van der Waals surface area (Å²) in [6.45, 7) is 0. The van der Waals surface area contributed by atoms with Crippen LogP contribution in [0.15, 0.2) is 46.2 Å². The number of aromatic nitrogens is 1. The fraction of sp³-hybridized carbons (Fsp3) is 0.0909. The van der Waals surface area contributed by atoms with Gasteiger partial charge in [-0.15, -0.1) is 11.8 Å². The van der Waals surface area contributed by atoms with E-state index in [-0.39, 0.29) is 0 Å². The number of rotatable bonds is 3. The summed E-state index contributed by atoms with van der Waals surface area (Å²) in [5, 5.41) is 8.86. The maximum atomic E-state index is 8.86. The van der Waals surface area contributed by atoms with Gasteiger partial charge in [0.25, 0.3) is 0 Å². The SMILES string of the molecule is N#Cc1ccncc1SCc1ccco1. The van der Waals surface area contributed by atoms with Crippen LogP contribution in [0.3, 0.4) is 0 Å². The van der Waals surface area contributed by atoms with Gasteiger partial charge < -0.3 is 4.42 Å². The summed E-state index contributed by atoms with van der Waals surface area (Å²) in [6, 6.07) is 7.61. The highest BCUT2D eigenvalue weighted by Gasteiger charge is 2.03. The Morgan fingerprint density at radius 3 is 3.13 bits per heavy atom. The summed E-state index contributed by atoms with van der Waals surface area (Å²) in [7, 11) is 0. The van der Waals surface area contributed by atoms with Crippen LogP contribution in [-0.4, -0.2) is 4.98 Å². The molecule has 0 amide bonds. The zero-order valence-corrected chi connectivity index (χ0v) is 8.70. The van der Waals surface area contributed by atoms with Crippen LogP contribution in [0.2, 0.25) is 0 Å². The summed E-state index contributed by atoms with van der Waals surface area (Å²) in [6.07, 6.45) is 4.96. The molecule has 0 radical (unpaired) electrons. The molecule has 0 saturated carbocycles. The van der Waals surface area contributed by atoms with Crippen molar-refractivity contribution in [2.45, 2.75) is 10.6 Å². The van der Waals surface area contributed by atoms with Crippen LogP contribution in [-0.2, 0) is 5.75 Å². The average molecular weight is 216 g/mol. The quantitative estimate of drug-likeness (QED) is 0.740. The van der Waals surface area contributed by atoms with Crippen molar-refractivity contribution in [3.63, 3.8) is 0 Å². The minimum Gasteiger partial charge on any atom is -0.468 e. The van der Waals surface area contributed by atoms with Crippen LogP contribution in [0, 0.1) is 11.3 Å². The lowest BCUT2D eigenvalue weighted by atomic mass is 10.3. The Morgan fingerprint density at radius 2 is 2.40 bits per heavy atom. The van der Waals surface area contributed by atoms with Crippen LogP contribution in [0.5, 0.6) is 0 Å². The molecule has 0 aliphatic carbocycles. The molecular formula is C11H8N2OS. The van der Waals surface area contributed by atoms with Crippen LogP contribution in [0.25, 0.3) is 0 Å². The molecule has 0 aliphatic rings. The lowest BCUT2D eigenvalue weighted by Gasteiger charge is -2.00. The summed E-state index contributed by atoms with van der Waals surface area (Å²) < 4.78 is 5.20. The van der Waals surface area contributed by atoms with Gasteiger partial charge in [0, 0.05) is 17.3 Å². The minimum absolute atomic E-state index is 0.654. The van der Waals surface area contributed by atoms with Gasteiger partial charge in [-0.3, -0.25) is 4.98 Å². The molecule has 2 aromatic heterocycles. The van der Waals surface area contributed by atoms with E-state index in [4.69, 9.17) is 9.68 Å². The third-order valence-corrected chi connectivity index (χ3v) is 2.92. The highest BCUT2D eigenvalue weighted by Crippen LogP contribution is 2.24. The molecule has 74 valence electrons. The van der Waals surface area contributed by atoms with Crippen LogP contribution in [0.4, 0.5) is 0 Å². The Hall–Kier alpha value is -1.73. The van der Waals surface area contributed by atoms with E-state index >= 15 is 0 Å². The molecule has 15 heavy (non-hydrogen) atoms. The number of furan rings is 1. The van der Waals surface area contributed by atoms with Crippen molar-refractivity contribution < 1.29 is 4.42 Å². The lowest BCUT2D eigenvalue weighted by molar-refractivity contribution is 0.530. The molecule has 0 saturated heterocycles. The fourth-order valence-corrected chi connectivity index (χ4v) is 2.00. The van der Waals surface area contributed by atoms with Crippen molar-refractivity contribution >= 4 is 11.8 Å². The summed E-state index contributed by atoms with van der Waals surface area (Å²) in [5.41, 5.74) is 0.654. The molecule has 0 bridgehead atoms. The second-order valence-electron chi connectivity index (χ2n) is 2.85.